The van der Waals surface area contributed by atoms with Gasteiger partial charge in [0.15, 0.2) is 0 Å². The molecule has 0 saturated heterocycles. The van der Waals surface area contributed by atoms with Gasteiger partial charge in [-0.1, -0.05) is 6.92 Å². The predicted molar refractivity (Wildman–Crippen MR) is 72.8 cm³/mol. The largest absolute Gasteiger partial charge is 0.491 e. The van der Waals surface area contributed by atoms with Crippen molar-refractivity contribution in [3.05, 3.63) is 29.8 Å². The Morgan fingerprint density at radius 3 is 2.39 bits per heavy atom. The standard InChI is InChI=1S/C14H22N2O2/c1-4-12(9-15)16-14(17)11-5-7-13(8-6-11)18-10(2)3/h5-8,10,12H,4,9,15H2,1-3H3,(H,16,17). The van der Waals surface area contributed by atoms with E-state index in [-0.39, 0.29) is 18.1 Å². The van der Waals surface area contributed by atoms with Crippen molar-refractivity contribution in [3.8, 4) is 5.75 Å². The number of hydrogen-bond donors (Lipinski definition) is 2. The Balaban J connectivity index is 2.64. The summed E-state index contributed by atoms with van der Waals surface area (Å²) >= 11 is 0. The summed E-state index contributed by atoms with van der Waals surface area (Å²) < 4.78 is 5.52. The Bertz CT molecular complexity index is 370. The van der Waals surface area contributed by atoms with Crippen LogP contribution in [0.5, 0.6) is 5.75 Å². The molecule has 18 heavy (non-hydrogen) atoms. The Hall–Kier alpha value is -1.55. The quantitative estimate of drug-likeness (QED) is 0.811. The minimum atomic E-state index is -0.0941. The van der Waals surface area contributed by atoms with E-state index in [4.69, 9.17) is 10.5 Å². The van der Waals surface area contributed by atoms with Crippen molar-refractivity contribution in [1.29, 1.82) is 0 Å². The lowest BCUT2D eigenvalue weighted by Crippen LogP contribution is -2.39. The first-order chi connectivity index (χ1) is 8.56. The van der Waals surface area contributed by atoms with Crippen LogP contribution in [0, 0.1) is 0 Å². The van der Waals surface area contributed by atoms with E-state index in [1.54, 1.807) is 24.3 Å². The first-order valence-electron chi connectivity index (χ1n) is 6.34. The van der Waals surface area contributed by atoms with Crippen molar-refractivity contribution in [2.24, 2.45) is 5.73 Å². The molecule has 0 fully saturated rings. The molecule has 1 unspecified atom stereocenters. The van der Waals surface area contributed by atoms with Crippen molar-refractivity contribution < 1.29 is 9.53 Å². The van der Waals surface area contributed by atoms with Gasteiger partial charge in [-0.05, 0) is 44.5 Å². The van der Waals surface area contributed by atoms with E-state index < -0.39 is 0 Å². The molecule has 0 radical (unpaired) electrons. The third kappa shape index (κ3) is 4.37. The number of carbonyl (C=O) groups is 1. The second-order valence-corrected chi connectivity index (χ2v) is 4.51. The van der Waals surface area contributed by atoms with Crippen molar-refractivity contribution in [2.45, 2.75) is 39.3 Å². The van der Waals surface area contributed by atoms with Crippen LogP contribution in [0.2, 0.25) is 0 Å². The summed E-state index contributed by atoms with van der Waals surface area (Å²) in [7, 11) is 0. The van der Waals surface area contributed by atoms with E-state index in [9.17, 15) is 4.79 Å². The normalized spacial score (nSPS) is 12.3. The summed E-state index contributed by atoms with van der Waals surface area (Å²) in [5.74, 6) is 0.677. The summed E-state index contributed by atoms with van der Waals surface area (Å²) in [4.78, 5) is 11.9. The molecule has 0 aliphatic heterocycles. The Morgan fingerprint density at radius 2 is 1.94 bits per heavy atom. The number of amides is 1. The smallest absolute Gasteiger partial charge is 0.251 e. The molecule has 0 aliphatic rings. The van der Waals surface area contributed by atoms with Gasteiger partial charge in [0.1, 0.15) is 5.75 Å². The van der Waals surface area contributed by atoms with E-state index >= 15 is 0 Å². The molecule has 0 spiro atoms. The summed E-state index contributed by atoms with van der Waals surface area (Å²) in [5.41, 5.74) is 6.18. The fourth-order valence-electron chi connectivity index (χ4n) is 1.55. The number of nitrogens with one attached hydrogen (secondary N) is 1. The number of nitrogens with two attached hydrogens (primary N) is 1. The predicted octanol–water partition coefficient (Wildman–Crippen LogP) is 1.94. The van der Waals surface area contributed by atoms with Gasteiger partial charge >= 0.3 is 0 Å². The number of carbonyl (C=O) groups excluding carboxylic acids is 1. The van der Waals surface area contributed by atoms with E-state index in [0.29, 0.717) is 12.1 Å². The number of rotatable bonds is 6. The van der Waals surface area contributed by atoms with Gasteiger partial charge in [-0.2, -0.15) is 0 Å². The Morgan fingerprint density at radius 1 is 1.33 bits per heavy atom. The molecule has 0 bridgehead atoms. The van der Waals surface area contributed by atoms with Crippen LogP contribution in [0.3, 0.4) is 0 Å². The van der Waals surface area contributed by atoms with E-state index in [1.807, 2.05) is 20.8 Å². The maximum atomic E-state index is 11.9. The van der Waals surface area contributed by atoms with Gasteiger partial charge in [-0.25, -0.2) is 0 Å². The molecule has 1 amide bonds. The molecule has 1 aromatic rings. The lowest BCUT2D eigenvalue weighted by Gasteiger charge is -2.15. The van der Waals surface area contributed by atoms with Crippen LogP contribution < -0.4 is 15.8 Å². The highest BCUT2D eigenvalue weighted by molar-refractivity contribution is 5.94. The van der Waals surface area contributed by atoms with Gasteiger partial charge in [0, 0.05) is 18.2 Å². The zero-order valence-electron chi connectivity index (χ0n) is 11.3. The molecular weight excluding hydrogens is 228 g/mol. The van der Waals surface area contributed by atoms with Crippen LogP contribution in [0.4, 0.5) is 0 Å². The van der Waals surface area contributed by atoms with Gasteiger partial charge in [-0.3, -0.25) is 4.79 Å². The highest BCUT2D eigenvalue weighted by Gasteiger charge is 2.10. The summed E-state index contributed by atoms with van der Waals surface area (Å²) in [5, 5.41) is 2.89. The van der Waals surface area contributed by atoms with Crippen LogP contribution in [-0.2, 0) is 0 Å². The molecule has 1 aromatic carbocycles. The maximum Gasteiger partial charge on any atom is 0.251 e. The monoisotopic (exact) mass is 250 g/mol. The average Bonchev–Trinajstić information content (AvgIpc) is 2.35. The third-order valence-corrected chi connectivity index (χ3v) is 2.60. The minimum Gasteiger partial charge on any atom is -0.491 e. The van der Waals surface area contributed by atoms with Crippen molar-refractivity contribution in [3.63, 3.8) is 0 Å². The molecule has 1 rings (SSSR count). The van der Waals surface area contributed by atoms with Gasteiger partial charge in [-0.15, -0.1) is 0 Å². The first kappa shape index (κ1) is 14.5. The topological polar surface area (TPSA) is 64.3 Å². The average molecular weight is 250 g/mol. The Labute approximate surface area is 109 Å². The van der Waals surface area contributed by atoms with Gasteiger partial charge in [0.2, 0.25) is 0 Å². The molecule has 4 heteroatoms. The van der Waals surface area contributed by atoms with Crippen molar-refractivity contribution >= 4 is 5.91 Å². The SMILES string of the molecule is CCC(CN)NC(=O)c1ccc(OC(C)C)cc1. The lowest BCUT2D eigenvalue weighted by molar-refractivity contribution is 0.0937. The third-order valence-electron chi connectivity index (χ3n) is 2.60. The van der Waals surface area contributed by atoms with Gasteiger partial charge in [0.25, 0.3) is 5.91 Å². The zero-order valence-corrected chi connectivity index (χ0v) is 11.3. The van der Waals surface area contributed by atoms with Crippen molar-refractivity contribution in [1.82, 2.24) is 5.32 Å². The minimum absolute atomic E-state index is 0.0316. The lowest BCUT2D eigenvalue weighted by atomic mass is 10.1. The second-order valence-electron chi connectivity index (χ2n) is 4.51. The van der Waals surface area contributed by atoms with Crippen LogP contribution in [0.1, 0.15) is 37.6 Å². The zero-order chi connectivity index (χ0) is 13.5. The van der Waals surface area contributed by atoms with Crippen LogP contribution >= 0.6 is 0 Å². The van der Waals surface area contributed by atoms with Crippen LogP contribution in [-0.4, -0.2) is 24.6 Å². The molecule has 0 saturated carbocycles. The molecule has 100 valence electrons. The van der Waals surface area contributed by atoms with E-state index in [2.05, 4.69) is 5.32 Å². The maximum absolute atomic E-state index is 11.9. The summed E-state index contributed by atoms with van der Waals surface area (Å²) in [6, 6.07) is 7.16. The van der Waals surface area contributed by atoms with Gasteiger partial charge in [0.05, 0.1) is 6.10 Å². The molecular formula is C14H22N2O2. The molecule has 1 atom stereocenters. The number of hydrogen-bond acceptors (Lipinski definition) is 3. The summed E-state index contributed by atoms with van der Waals surface area (Å²) in [6.45, 7) is 6.38. The van der Waals surface area contributed by atoms with E-state index in [0.717, 1.165) is 12.2 Å². The second kappa shape index (κ2) is 7.01. The molecule has 0 aromatic heterocycles. The molecule has 0 aliphatic carbocycles. The first-order valence-corrected chi connectivity index (χ1v) is 6.34. The highest BCUT2D eigenvalue weighted by Crippen LogP contribution is 2.13. The fraction of sp³-hybridized carbons (Fsp3) is 0.500. The van der Waals surface area contributed by atoms with E-state index in [1.165, 1.54) is 0 Å². The number of ether oxygens (including phenoxy) is 1. The molecule has 0 heterocycles. The van der Waals surface area contributed by atoms with Crippen LogP contribution in [0.25, 0.3) is 0 Å². The molecule has 3 N–H and O–H groups in total. The van der Waals surface area contributed by atoms with Crippen LogP contribution in [0.15, 0.2) is 24.3 Å². The Kier molecular flexibility index (Phi) is 5.65. The van der Waals surface area contributed by atoms with Crippen molar-refractivity contribution in [2.75, 3.05) is 6.54 Å². The van der Waals surface area contributed by atoms with Gasteiger partial charge < -0.3 is 15.8 Å². The fourth-order valence-corrected chi connectivity index (χ4v) is 1.55. The summed E-state index contributed by atoms with van der Waals surface area (Å²) in [6.07, 6.45) is 0.961. The molecule has 4 nitrogen and oxygen atoms in total. The number of benzene rings is 1. The highest BCUT2D eigenvalue weighted by atomic mass is 16.5.